The molecule has 0 aliphatic carbocycles. The van der Waals surface area contributed by atoms with E-state index < -0.39 is 0 Å². The monoisotopic (exact) mass is 360 g/mol. The second kappa shape index (κ2) is 7.49. The van der Waals surface area contributed by atoms with Crippen molar-refractivity contribution < 1.29 is 9.53 Å². The van der Waals surface area contributed by atoms with Crippen LogP contribution in [-0.4, -0.2) is 40.4 Å². The number of thioether (sulfide) groups is 1. The van der Waals surface area contributed by atoms with E-state index in [0.29, 0.717) is 11.3 Å². The van der Waals surface area contributed by atoms with E-state index >= 15 is 0 Å². The molecule has 1 fully saturated rings. The number of carbonyl (C=O) groups excluding carboxylic acids is 1. The van der Waals surface area contributed by atoms with E-state index in [1.165, 1.54) is 20.0 Å². The van der Waals surface area contributed by atoms with Gasteiger partial charge in [0.05, 0.1) is 23.9 Å². The number of esters is 1. The van der Waals surface area contributed by atoms with Crippen LogP contribution in [0, 0.1) is 6.92 Å². The lowest BCUT2D eigenvalue weighted by Gasteiger charge is -2.18. The fourth-order valence-corrected chi connectivity index (χ4v) is 4.23. The van der Waals surface area contributed by atoms with Crippen LogP contribution in [0.4, 0.5) is 0 Å². The number of nitrogens with zero attached hydrogens (tertiary/aromatic N) is 2. The van der Waals surface area contributed by atoms with Gasteiger partial charge in [0.2, 0.25) is 0 Å². The maximum absolute atomic E-state index is 12.3. The summed E-state index contributed by atoms with van der Waals surface area (Å²) in [6, 6.07) is 7.86. The Hall–Kier alpha value is -1.66. The number of aromatic nitrogens is 1. The standard InChI is InChI=1S/C18H20N2O2S2/c1-12-13-7-3-4-8-14(13)19-15(16(12)17(21)22-2)11-24-18(23)20-9-5-6-10-20/h3-4,7-8H,5-6,9-11H2,1-2H3. The number of aryl methyl sites for hydroxylation is 1. The van der Waals surface area contributed by atoms with E-state index in [4.69, 9.17) is 21.9 Å². The number of benzene rings is 1. The lowest BCUT2D eigenvalue weighted by atomic mass is 10.0. The predicted molar refractivity (Wildman–Crippen MR) is 103 cm³/mol. The molecule has 126 valence electrons. The first kappa shape index (κ1) is 17.2. The Morgan fingerprint density at radius 3 is 2.75 bits per heavy atom. The molecule has 0 unspecified atom stereocenters. The highest BCUT2D eigenvalue weighted by Gasteiger charge is 2.21. The van der Waals surface area contributed by atoms with Crippen molar-refractivity contribution in [2.75, 3.05) is 20.2 Å². The van der Waals surface area contributed by atoms with Gasteiger partial charge in [-0.25, -0.2) is 4.79 Å². The van der Waals surface area contributed by atoms with Crippen LogP contribution in [0.3, 0.4) is 0 Å². The molecule has 0 amide bonds. The van der Waals surface area contributed by atoms with Crippen molar-refractivity contribution in [3.8, 4) is 0 Å². The lowest BCUT2D eigenvalue weighted by molar-refractivity contribution is 0.0598. The molecule has 0 radical (unpaired) electrons. The van der Waals surface area contributed by atoms with Crippen LogP contribution in [-0.2, 0) is 10.5 Å². The van der Waals surface area contributed by atoms with Gasteiger partial charge in [-0.1, -0.05) is 42.2 Å². The third-order valence-corrected chi connectivity index (χ3v) is 5.85. The first-order valence-corrected chi connectivity index (χ1v) is 9.39. The fraction of sp³-hybridized carbons (Fsp3) is 0.389. The van der Waals surface area contributed by atoms with Crippen molar-refractivity contribution in [3.05, 3.63) is 41.1 Å². The number of para-hydroxylation sites is 1. The van der Waals surface area contributed by atoms with Crippen LogP contribution in [0.5, 0.6) is 0 Å². The Bertz CT molecular complexity index is 786. The summed E-state index contributed by atoms with van der Waals surface area (Å²) in [6.45, 7) is 4.00. The first-order valence-electron chi connectivity index (χ1n) is 8.00. The molecule has 6 heteroatoms. The van der Waals surface area contributed by atoms with Crippen molar-refractivity contribution in [3.63, 3.8) is 0 Å². The van der Waals surface area contributed by atoms with Gasteiger partial charge in [-0.2, -0.15) is 0 Å². The third kappa shape index (κ3) is 3.39. The Morgan fingerprint density at radius 2 is 2.04 bits per heavy atom. The Kier molecular flexibility index (Phi) is 5.36. The van der Waals surface area contributed by atoms with Crippen molar-refractivity contribution in [1.29, 1.82) is 0 Å². The minimum atomic E-state index is -0.339. The largest absolute Gasteiger partial charge is 0.465 e. The van der Waals surface area contributed by atoms with Crippen LogP contribution >= 0.6 is 24.0 Å². The zero-order valence-electron chi connectivity index (χ0n) is 13.9. The molecule has 0 spiro atoms. The summed E-state index contributed by atoms with van der Waals surface area (Å²) < 4.78 is 5.87. The summed E-state index contributed by atoms with van der Waals surface area (Å²) >= 11 is 7.10. The quantitative estimate of drug-likeness (QED) is 0.610. The predicted octanol–water partition coefficient (Wildman–Crippen LogP) is 3.94. The molecule has 0 N–H and O–H groups in total. The van der Waals surface area contributed by atoms with E-state index in [1.807, 2.05) is 31.2 Å². The molecule has 0 bridgehead atoms. The van der Waals surface area contributed by atoms with Gasteiger partial charge in [0.25, 0.3) is 0 Å². The van der Waals surface area contributed by atoms with Crippen LogP contribution in [0.25, 0.3) is 10.9 Å². The third-order valence-electron chi connectivity index (χ3n) is 4.31. The highest BCUT2D eigenvalue weighted by molar-refractivity contribution is 8.22. The van der Waals surface area contributed by atoms with Gasteiger partial charge < -0.3 is 9.64 Å². The summed E-state index contributed by atoms with van der Waals surface area (Å²) in [5.41, 5.74) is 3.11. The van der Waals surface area contributed by atoms with Crippen LogP contribution in [0.2, 0.25) is 0 Å². The number of fused-ring (bicyclic) bond motifs is 1. The van der Waals surface area contributed by atoms with Crippen LogP contribution in [0.15, 0.2) is 24.3 Å². The normalized spacial score (nSPS) is 14.2. The molecule has 1 aliphatic heterocycles. The average molecular weight is 361 g/mol. The van der Waals surface area contributed by atoms with E-state index in [-0.39, 0.29) is 5.97 Å². The second-order valence-electron chi connectivity index (χ2n) is 5.82. The van der Waals surface area contributed by atoms with Gasteiger partial charge >= 0.3 is 5.97 Å². The molecule has 2 aromatic rings. The molecule has 0 saturated carbocycles. The first-order chi connectivity index (χ1) is 11.6. The topological polar surface area (TPSA) is 42.4 Å². The summed E-state index contributed by atoms with van der Waals surface area (Å²) in [5.74, 6) is 0.235. The van der Waals surface area contributed by atoms with Gasteiger partial charge in [0, 0.05) is 24.2 Å². The number of hydrogen-bond acceptors (Lipinski definition) is 5. The van der Waals surface area contributed by atoms with Gasteiger partial charge in [0.1, 0.15) is 4.32 Å². The highest BCUT2D eigenvalue weighted by atomic mass is 32.2. The van der Waals surface area contributed by atoms with Crippen molar-refractivity contribution in [1.82, 2.24) is 9.88 Å². The Balaban J connectivity index is 1.92. The molecule has 1 aromatic carbocycles. The number of ether oxygens (including phenoxy) is 1. The van der Waals surface area contributed by atoms with E-state index in [0.717, 1.165) is 39.6 Å². The average Bonchev–Trinajstić information content (AvgIpc) is 3.14. The summed E-state index contributed by atoms with van der Waals surface area (Å²) in [7, 11) is 1.41. The summed E-state index contributed by atoms with van der Waals surface area (Å²) in [6.07, 6.45) is 2.39. The van der Waals surface area contributed by atoms with Crippen LogP contribution < -0.4 is 0 Å². The maximum atomic E-state index is 12.3. The molecule has 1 saturated heterocycles. The van der Waals surface area contributed by atoms with Crippen molar-refractivity contribution in [2.45, 2.75) is 25.5 Å². The molecule has 1 aromatic heterocycles. The summed E-state index contributed by atoms with van der Waals surface area (Å²) in [5, 5.41) is 0.980. The Morgan fingerprint density at radius 1 is 1.33 bits per heavy atom. The highest BCUT2D eigenvalue weighted by Crippen LogP contribution is 2.27. The van der Waals surface area contributed by atoms with Gasteiger partial charge in [-0.3, -0.25) is 4.98 Å². The second-order valence-corrected chi connectivity index (χ2v) is 7.43. The number of pyridine rings is 1. The van der Waals surface area contributed by atoms with E-state index in [1.54, 1.807) is 11.8 Å². The number of hydrogen-bond donors (Lipinski definition) is 0. The SMILES string of the molecule is COC(=O)c1c(CSC(=S)N2CCCC2)nc2ccccc2c1C. The smallest absolute Gasteiger partial charge is 0.340 e. The molecular formula is C18H20N2O2S2. The van der Waals surface area contributed by atoms with Crippen molar-refractivity contribution in [2.24, 2.45) is 0 Å². The maximum Gasteiger partial charge on any atom is 0.340 e. The summed E-state index contributed by atoms with van der Waals surface area (Å²) in [4.78, 5) is 19.2. The minimum absolute atomic E-state index is 0.339. The number of carbonyl (C=O) groups is 1. The number of likely N-dealkylation sites (tertiary alicyclic amines) is 1. The van der Waals surface area contributed by atoms with Gasteiger partial charge in [0.15, 0.2) is 0 Å². The minimum Gasteiger partial charge on any atom is -0.465 e. The molecule has 1 aliphatic rings. The lowest BCUT2D eigenvalue weighted by Crippen LogP contribution is -2.23. The number of rotatable bonds is 3. The molecule has 4 nitrogen and oxygen atoms in total. The molecule has 2 heterocycles. The van der Waals surface area contributed by atoms with Gasteiger partial charge in [-0.05, 0) is 31.4 Å². The molecule has 3 rings (SSSR count). The fourth-order valence-electron chi connectivity index (χ4n) is 3.04. The zero-order chi connectivity index (χ0) is 17.1. The number of methoxy groups -OCH3 is 1. The molecule has 0 atom stereocenters. The van der Waals surface area contributed by atoms with Crippen molar-refractivity contribution >= 4 is 45.2 Å². The van der Waals surface area contributed by atoms with Gasteiger partial charge in [-0.15, -0.1) is 0 Å². The molecule has 24 heavy (non-hydrogen) atoms. The number of thiocarbonyl (C=S) groups is 1. The van der Waals surface area contributed by atoms with Crippen LogP contribution in [0.1, 0.15) is 34.5 Å². The van der Waals surface area contributed by atoms with E-state index in [9.17, 15) is 4.79 Å². The Labute approximate surface area is 151 Å². The zero-order valence-corrected chi connectivity index (χ0v) is 15.5. The molecular weight excluding hydrogens is 340 g/mol. The van der Waals surface area contributed by atoms with E-state index in [2.05, 4.69) is 4.90 Å².